The van der Waals surface area contributed by atoms with Crippen LogP contribution >= 0.6 is 11.3 Å². The molecule has 2 aromatic heterocycles. The third kappa shape index (κ3) is 1.73. The van der Waals surface area contributed by atoms with Crippen LogP contribution in [0.15, 0.2) is 11.6 Å². The number of hydrogen-bond donors (Lipinski definition) is 2. The van der Waals surface area contributed by atoms with Gasteiger partial charge in [-0.15, -0.1) is 0 Å². The van der Waals surface area contributed by atoms with Gasteiger partial charge in [0, 0.05) is 17.5 Å². The molecule has 0 aliphatic carbocycles. The van der Waals surface area contributed by atoms with Crippen molar-refractivity contribution < 1.29 is 4.92 Å². The molecule has 1 atom stereocenters. The van der Waals surface area contributed by atoms with Gasteiger partial charge in [-0.25, -0.2) is 0 Å². The van der Waals surface area contributed by atoms with Crippen molar-refractivity contribution >= 4 is 27.9 Å². The molecule has 1 saturated heterocycles. The summed E-state index contributed by atoms with van der Waals surface area (Å²) in [5.74, 6) is 0.373. The van der Waals surface area contributed by atoms with Gasteiger partial charge < -0.3 is 20.7 Å². The van der Waals surface area contributed by atoms with Crippen molar-refractivity contribution in [2.75, 3.05) is 18.4 Å². The first-order valence-electron chi connectivity index (χ1n) is 5.68. The van der Waals surface area contributed by atoms with Gasteiger partial charge in [-0.05, 0) is 24.8 Å². The number of nitrogens with zero attached hydrogens (tertiary/aromatic N) is 3. The Morgan fingerprint density at radius 1 is 1.72 bits per heavy atom. The molecule has 1 aliphatic rings. The highest BCUT2D eigenvalue weighted by Crippen LogP contribution is 2.31. The van der Waals surface area contributed by atoms with Crippen LogP contribution in [0.1, 0.15) is 13.3 Å². The predicted molar refractivity (Wildman–Crippen MR) is 69.2 cm³/mol. The topological polar surface area (TPSA) is 84.5 Å². The minimum atomic E-state index is -0.388. The zero-order chi connectivity index (χ0) is 12.8. The Morgan fingerprint density at radius 2 is 2.56 bits per heavy atom. The van der Waals surface area contributed by atoms with Crippen molar-refractivity contribution in [1.29, 1.82) is 0 Å². The Morgan fingerprint density at radius 3 is 3.22 bits per heavy atom. The average Bonchev–Trinajstić information content (AvgIpc) is 2.93. The number of aromatic nitrogens is 2. The van der Waals surface area contributed by atoms with E-state index in [2.05, 4.69) is 15.6 Å². The molecular formula is C10H13N5O2S. The molecule has 1 aliphatic heterocycles. The van der Waals surface area contributed by atoms with Crippen LogP contribution in [0, 0.1) is 10.1 Å². The molecule has 7 nitrogen and oxygen atoms in total. The molecule has 0 saturated carbocycles. The maximum atomic E-state index is 11.2. The van der Waals surface area contributed by atoms with Gasteiger partial charge in [0.1, 0.15) is 6.20 Å². The number of fused-ring (bicyclic) bond motifs is 1. The molecule has 0 radical (unpaired) electrons. The van der Waals surface area contributed by atoms with Crippen LogP contribution in [-0.4, -0.2) is 32.9 Å². The Bertz CT molecular complexity index is 598. The second-order valence-electron chi connectivity index (χ2n) is 4.71. The Labute approximate surface area is 107 Å². The SMILES string of the molecule is CC1(Nc2nc3sccn3c2[N+](=O)[O-])CCNC1. The summed E-state index contributed by atoms with van der Waals surface area (Å²) in [6.07, 6.45) is 2.60. The van der Waals surface area contributed by atoms with E-state index < -0.39 is 0 Å². The van der Waals surface area contributed by atoms with Crippen LogP contribution < -0.4 is 10.6 Å². The van der Waals surface area contributed by atoms with Crippen LogP contribution in [0.2, 0.25) is 0 Å². The lowest BCUT2D eigenvalue weighted by Gasteiger charge is -2.23. The van der Waals surface area contributed by atoms with E-state index in [1.165, 1.54) is 15.7 Å². The van der Waals surface area contributed by atoms with Crippen LogP contribution in [-0.2, 0) is 0 Å². The van der Waals surface area contributed by atoms with Gasteiger partial charge in [-0.2, -0.15) is 9.38 Å². The maximum absolute atomic E-state index is 11.2. The highest BCUT2D eigenvalue weighted by molar-refractivity contribution is 7.15. The van der Waals surface area contributed by atoms with Crippen LogP contribution in [0.4, 0.5) is 11.6 Å². The first kappa shape index (κ1) is 11.4. The lowest BCUT2D eigenvalue weighted by Crippen LogP contribution is -2.37. The van der Waals surface area contributed by atoms with E-state index in [0.29, 0.717) is 10.8 Å². The van der Waals surface area contributed by atoms with Crippen LogP contribution in [0.5, 0.6) is 0 Å². The van der Waals surface area contributed by atoms with Gasteiger partial charge in [-0.3, -0.25) is 0 Å². The molecule has 2 N–H and O–H groups in total. The minimum absolute atomic E-state index is 0.0133. The Hall–Kier alpha value is -1.67. The first-order chi connectivity index (χ1) is 8.59. The summed E-state index contributed by atoms with van der Waals surface area (Å²) < 4.78 is 1.51. The number of hydrogen-bond acceptors (Lipinski definition) is 6. The van der Waals surface area contributed by atoms with Gasteiger partial charge in [0.15, 0.2) is 0 Å². The summed E-state index contributed by atoms with van der Waals surface area (Å²) in [6, 6.07) is 0. The number of imidazole rings is 1. The number of nitrogens with one attached hydrogen (secondary N) is 2. The largest absolute Gasteiger partial charge is 0.372 e. The number of anilines is 1. The van der Waals surface area contributed by atoms with E-state index in [4.69, 9.17) is 0 Å². The predicted octanol–water partition coefficient (Wildman–Crippen LogP) is 1.47. The smallest absolute Gasteiger partial charge is 0.358 e. The summed E-state index contributed by atoms with van der Waals surface area (Å²) in [5.41, 5.74) is -0.172. The molecule has 0 bridgehead atoms. The number of rotatable bonds is 3. The average molecular weight is 267 g/mol. The molecule has 0 spiro atoms. The van der Waals surface area contributed by atoms with E-state index in [-0.39, 0.29) is 16.3 Å². The minimum Gasteiger partial charge on any atom is -0.358 e. The molecule has 2 aromatic rings. The van der Waals surface area contributed by atoms with Crippen molar-refractivity contribution in [1.82, 2.24) is 14.7 Å². The number of nitro groups is 1. The monoisotopic (exact) mass is 267 g/mol. The molecule has 96 valence electrons. The Kier molecular flexibility index (Phi) is 2.49. The van der Waals surface area contributed by atoms with Crippen molar-refractivity contribution in [2.45, 2.75) is 18.9 Å². The lowest BCUT2D eigenvalue weighted by molar-refractivity contribution is -0.389. The van der Waals surface area contributed by atoms with Crippen molar-refractivity contribution in [3.8, 4) is 0 Å². The summed E-state index contributed by atoms with van der Waals surface area (Å²) in [5, 5.41) is 19.4. The summed E-state index contributed by atoms with van der Waals surface area (Å²) in [4.78, 5) is 15.7. The van der Waals surface area contributed by atoms with Gasteiger partial charge in [0.2, 0.25) is 5.82 Å². The molecule has 3 heterocycles. The van der Waals surface area contributed by atoms with E-state index >= 15 is 0 Å². The molecule has 8 heteroatoms. The van der Waals surface area contributed by atoms with Gasteiger partial charge >= 0.3 is 5.82 Å². The second-order valence-corrected chi connectivity index (χ2v) is 5.58. The van der Waals surface area contributed by atoms with Gasteiger partial charge in [0.25, 0.3) is 4.96 Å². The van der Waals surface area contributed by atoms with Crippen molar-refractivity contribution in [3.63, 3.8) is 0 Å². The molecule has 0 amide bonds. The summed E-state index contributed by atoms with van der Waals surface area (Å²) >= 11 is 1.39. The standard InChI is InChI=1S/C10H13N5O2S/c1-10(2-3-11-6-10)13-7-8(15(16)17)14-4-5-18-9(14)12-7/h4-5,11,13H,2-3,6H2,1H3. The van der Waals surface area contributed by atoms with E-state index in [9.17, 15) is 10.1 Å². The molecule has 1 unspecified atom stereocenters. The molecule has 0 aromatic carbocycles. The third-order valence-electron chi connectivity index (χ3n) is 3.20. The summed E-state index contributed by atoms with van der Waals surface area (Å²) in [6.45, 7) is 3.75. The lowest BCUT2D eigenvalue weighted by atomic mass is 10.0. The maximum Gasteiger partial charge on any atom is 0.372 e. The molecule has 3 rings (SSSR count). The highest BCUT2D eigenvalue weighted by atomic mass is 32.1. The normalized spacial score (nSPS) is 23.6. The first-order valence-corrected chi connectivity index (χ1v) is 6.56. The van der Waals surface area contributed by atoms with Crippen LogP contribution in [0.25, 0.3) is 4.96 Å². The zero-order valence-corrected chi connectivity index (χ0v) is 10.7. The van der Waals surface area contributed by atoms with Gasteiger partial charge in [-0.1, -0.05) is 11.3 Å². The molecule has 1 fully saturated rings. The fraction of sp³-hybridized carbons (Fsp3) is 0.500. The van der Waals surface area contributed by atoms with Crippen molar-refractivity contribution in [3.05, 3.63) is 21.7 Å². The number of thiazole rings is 1. The quantitative estimate of drug-likeness (QED) is 0.649. The van der Waals surface area contributed by atoms with Gasteiger partial charge in [0.05, 0.1) is 0 Å². The van der Waals surface area contributed by atoms with Crippen LogP contribution in [0.3, 0.4) is 0 Å². The molecular weight excluding hydrogens is 254 g/mol. The fourth-order valence-corrected chi connectivity index (χ4v) is 2.95. The van der Waals surface area contributed by atoms with E-state index in [1.54, 1.807) is 11.6 Å². The van der Waals surface area contributed by atoms with E-state index in [0.717, 1.165) is 19.5 Å². The highest BCUT2D eigenvalue weighted by Gasteiger charge is 2.33. The second kappa shape index (κ2) is 3.92. The third-order valence-corrected chi connectivity index (χ3v) is 3.96. The fourth-order valence-electron chi connectivity index (χ4n) is 2.24. The molecule has 18 heavy (non-hydrogen) atoms. The van der Waals surface area contributed by atoms with Crippen molar-refractivity contribution in [2.24, 2.45) is 0 Å². The van der Waals surface area contributed by atoms with E-state index in [1.807, 2.05) is 6.92 Å². The Balaban J connectivity index is 2.02. The zero-order valence-electron chi connectivity index (χ0n) is 9.84. The summed E-state index contributed by atoms with van der Waals surface area (Å²) in [7, 11) is 0.